The number of sulfonamides is 1. The van der Waals surface area contributed by atoms with Gasteiger partial charge in [-0.1, -0.05) is 11.3 Å². The van der Waals surface area contributed by atoms with Crippen LogP contribution in [-0.2, 0) is 16.2 Å². The summed E-state index contributed by atoms with van der Waals surface area (Å²) in [6.07, 6.45) is -0.493. The van der Waals surface area contributed by atoms with E-state index in [4.69, 9.17) is 0 Å². The standard InChI is InChI=1S/C19H18F3N5O2S2/c20-19(21,22)13-3-5-14(6-4-13)31(28,29)27-9-7-26(8-10-27)18-25-17-15(30-18)11-23-16(24-17)12-1-2-12/h3-6,11-12H,1-2,7-10H2. The number of benzene rings is 1. The molecule has 2 aliphatic rings. The van der Waals surface area contributed by atoms with E-state index in [1.54, 1.807) is 6.20 Å². The van der Waals surface area contributed by atoms with Gasteiger partial charge in [0.2, 0.25) is 10.0 Å². The first-order chi connectivity index (χ1) is 14.7. The van der Waals surface area contributed by atoms with Crippen molar-refractivity contribution in [3.8, 4) is 0 Å². The molecule has 0 spiro atoms. The van der Waals surface area contributed by atoms with Crippen LogP contribution in [0.3, 0.4) is 0 Å². The summed E-state index contributed by atoms with van der Waals surface area (Å²) in [6, 6.07) is 3.60. The van der Waals surface area contributed by atoms with Crippen LogP contribution in [0.2, 0.25) is 0 Å². The largest absolute Gasteiger partial charge is 0.416 e. The minimum atomic E-state index is -4.50. The van der Waals surface area contributed by atoms with Crippen LogP contribution in [-0.4, -0.2) is 53.9 Å². The van der Waals surface area contributed by atoms with Crippen LogP contribution in [0, 0.1) is 0 Å². The monoisotopic (exact) mass is 469 g/mol. The SMILES string of the molecule is O=S(=O)(c1ccc(C(F)(F)F)cc1)N1CCN(c2nc3nc(C4CC4)ncc3s2)CC1. The van der Waals surface area contributed by atoms with Gasteiger partial charge in [-0.05, 0) is 37.1 Å². The molecule has 31 heavy (non-hydrogen) atoms. The molecule has 0 bridgehead atoms. The molecule has 0 unspecified atom stereocenters. The van der Waals surface area contributed by atoms with E-state index in [-0.39, 0.29) is 18.0 Å². The van der Waals surface area contributed by atoms with Crippen molar-refractivity contribution in [1.82, 2.24) is 19.3 Å². The van der Waals surface area contributed by atoms with Crippen molar-refractivity contribution >= 4 is 36.8 Å². The number of nitrogens with zero attached hydrogens (tertiary/aromatic N) is 5. The maximum Gasteiger partial charge on any atom is 0.416 e. The first-order valence-electron chi connectivity index (χ1n) is 9.78. The molecule has 1 saturated heterocycles. The number of aromatic nitrogens is 3. The average molecular weight is 470 g/mol. The van der Waals surface area contributed by atoms with Gasteiger partial charge in [0.05, 0.1) is 21.4 Å². The van der Waals surface area contributed by atoms with Gasteiger partial charge in [-0.25, -0.2) is 18.4 Å². The average Bonchev–Trinajstić information content (AvgIpc) is 3.52. The molecule has 5 rings (SSSR count). The predicted molar refractivity (Wildman–Crippen MR) is 110 cm³/mol. The third kappa shape index (κ3) is 3.99. The molecule has 2 fully saturated rings. The van der Waals surface area contributed by atoms with Crippen LogP contribution in [0.1, 0.15) is 30.1 Å². The lowest BCUT2D eigenvalue weighted by Crippen LogP contribution is -2.48. The highest BCUT2D eigenvalue weighted by Gasteiger charge is 2.33. The number of fused-ring (bicyclic) bond motifs is 1. The number of hydrogen-bond acceptors (Lipinski definition) is 7. The molecule has 1 aromatic carbocycles. The number of hydrogen-bond donors (Lipinski definition) is 0. The summed E-state index contributed by atoms with van der Waals surface area (Å²) in [5, 5.41) is 0.767. The maximum absolute atomic E-state index is 12.8. The Bertz CT molecular complexity index is 1220. The molecule has 2 aromatic heterocycles. The molecular formula is C19H18F3N5O2S2. The summed E-state index contributed by atoms with van der Waals surface area (Å²) in [6.45, 7) is 1.31. The summed E-state index contributed by atoms with van der Waals surface area (Å²) in [5.41, 5.74) is -0.211. The normalized spacial score (nSPS) is 18.6. The third-order valence-corrected chi connectivity index (χ3v) is 8.38. The lowest BCUT2D eigenvalue weighted by Gasteiger charge is -2.33. The van der Waals surface area contributed by atoms with Crippen molar-refractivity contribution in [1.29, 1.82) is 0 Å². The smallest absolute Gasteiger partial charge is 0.345 e. The van der Waals surface area contributed by atoms with Gasteiger partial charge in [0, 0.05) is 32.1 Å². The Morgan fingerprint density at radius 2 is 1.68 bits per heavy atom. The molecule has 7 nitrogen and oxygen atoms in total. The van der Waals surface area contributed by atoms with E-state index < -0.39 is 21.8 Å². The summed E-state index contributed by atoms with van der Waals surface area (Å²) in [5.74, 6) is 1.27. The highest BCUT2D eigenvalue weighted by molar-refractivity contribution is 7.89. The van der Waals surface area contributed by atoms with Gasteiger partial charge in [-0.2, -0.15) is 22.5 Å². The molecule has 0 N–H and O–H groups in total. The summed E-state index contributed by atoms with van der Waals surface area (Å²) in [7, 11) is -3.86. The van der Waals surface area contributed by atoms with Gasteiger partial charge in [0.1, 0.15) is 5.82 Å². The Kier molecular flexibility index (Phi) is 4.90. The van der Waals surface area contributed by atoms with E-state index >= 15 is 0 Å². The number of thiazole rings is 1. The van der Waals surface area contributed by atoms with E-state index in [1.807, 2.05) is 4.90 Å². The fraction of sp³-hybridized carbons (Fsp3) is 0.421. The highest BCUT2D eigenvalue weighted by Crippen LogP contribution is 2.39. The molecule has 164 valence electrons. The zero-order valence-electron chi connectivity index (χ0n) is 16.2. The molecule has 3 heterocycles. The minimum absolute atomic E-state index is 0.142. The Labute approximate surface area is 180 Å². The topological polar surface area (TPSA) is 79.3 Å². The van der Waals surface area contributed by atoms with Gasteiger partial charge in [0.15, 0.2) is 10.8 Å². The Hall–Kier alpha value is -2.31. The first-order valence-corrected chi connectivity index (χ1v) is 12.0. The Morgan fingerprint density at radius 1 is 1.00 bits per heavy atom. The fourth-order valence-electron chi connectivity index (χ4n) is 3.50. The number of rotatable bonds is 4. The van der Waals surface area contributed by atoms with Crippen molar-refractivity contribution in [3.05, 3.63) is 41.9 Å². The summed E-state index contributed by atoms with van der Waals surface area (Å²) < 4.78 is 66.1. The number of alkyl halides is 3. The van der Waals surface area contributed by atoms with E-state index in [0.717, 1.165) is 52.8 Å². The molecule has 0 amide bonds. The van der Waals surface area contributed by atoms with Gasteiger partial charge in [-0.3, -0.25) is 0 Å². The van der Waals surface area contributed by atoms with Gasteiger partial charge in [-0.15, -0.1) is 0 Å². The quantitative estimate of drug-likeness (QED) is 0.582. The molecule has 12 heteroatoms. The second-order valence-corrected chi connectivity index (χ2v) is 10.5. The minimum Gasteiger partial charge on any atom is -0.345 e. The lowest BCUT2D eigenvalue weighted by molar-refractivity contribution is -0.137. The van der Waals surface area contributed by atoms with Crippen molar-refractivity contribution in [2.45, 2.75) is 29.8 Å². The van der Waals surface area contributed by atoms with E-state index in [0.29, 0.717) is 24.7 Å². The van der Waals surface area contributed by atoms with Crippen molar-refractivity contribution < 1.29 is 21.6 Å². The Balaban J connectivity index is 1.29. The third-order valence-electron chi connectivity index (χ3n) is 5.43. The molecule has 3 aromatic rings. The summed E-state index contributed by atoms with van der Waals surface area (Å²) in [4.78, 5) is 15.4. The van der Waals surface area contributed by atoms with Crippen LogP contribution < -0.4 is 4.90 Å². The molecular weight excluding hydrogens is 451 g/mol. The van der Waals surface area contributed by atoms with Gasteiger partial charge in [0.25, 0.3) is 0 Å². The van der Waals surface area contributed by atoms with Crippen molar-refractivity contribution in [3.63, 3.8) is 0 Å². The second-order valence-electron chi connectivity index (χ2n) is 7.60. The van der Waals surface area contributed by atoms with Crippen molar-refractivity contribution in [2.75, 3.05) is 31.1 Å². The maximum atomic E-state index is 12.8. The van der Waals surface area contributed by atoms with E-state index in [9.17, 15) is 21.6 Å². The molecule has 1 aliphatic carbocycles. The fourth-order valence-corrected chi connectivity index (χ4v) is 5.85. The number of anilines is 1. The zero-order valence-corrected chi connectivity index (χ0v) is 17.8. The van der Waals surface area contributed by atoms with E-state index in [2.05, 4.69) is 15.0 Å². The van der Waals surface area contributed by atoms with Crippen LogP contribution in [0.25, 0.3) is 10.3 Å². The zero-order chi connectivity index (χ0) is 21.8. The van der Waals surface area contributed by atoms with Crippen LogP contribution in [0.15, 0.2) is 35.4 Å². The predicted octanol–water partition coefficient (Wildman–Crippen LogP) is 3.49. The van der Waals surface area contributed by atoms with Crippen LogP contribution >= 0.6 is 11.3 Å². The highest BCUT2D eigenvalue weighted by atomic mass is 32.2. The van der Waals surface area contributed by atoms with Gasteiger partial charge < -0.3 is 4.90 Å². The lowest BCUT2D eigenvalue weighted by atomic mass is 10.2. The number of piperazine rings is 1. The first kappa shape index (κ1) is 20.6. The molecule has 0 radical (unpaired) electrons. The van der Waals surface area contributed by atoms with E-state index in [1.165, 1.54) is 15.6 Å². The number of halogens is 3. The molecule has 1 saturated carbocycles. The second kappa shape index (κ2) is 7.38. The Morgan fingerprint density at radius 3 is 2.29 bits per heavy atom. The van der Waals surface area contributed by atoms with Crippen LogP contribution in [0.4, 0.5) is 18.3 Å². The molecule has 0 atom stereocenters. The molecule has 1 aliphatic heterocycles. The van der Waals surface area contributed by atoms with Crippen molar-refractivity contribution in [2.24, 2.45) is 0 Å². The van der Waals surface area contributed by atoms with Gasteiger partial charge >= 0.3 is 6.18 Å². The summed E-state index contributed by atoms with van der Waals surface area (Å²) >= 11 is 1.47. The van der Waals surface area contributed by atoms with Crippen LogP contribution in [0.5, 0.6) is 0 Å².